The zero-order chi connectivity index (χ0) is 21.8. The lowest BCUT2D eigenvalue weighted by Gasteiger charge is -2.29. The van der Waals surface area contributed by atoms with E-state index in [2.05, 4.69) is 18.2 Å². The Morgan fingerprint density at radius 1 is 0.875 bits per heavy atom. The molecule has 2 heterocycles. The summed E-state index contributed by atoms with van der Waals surface area (Å²) in [4.78, 5) is 27.1. The smallest absolute Gasteiger partial charge is 0.323 e. The van der Waals surface area contributed by atoms with Crippen LogP contribution in [-0.4, -0.2) is 33.0 Å². The van der Waals surface area contributed by atoms with E-state index in [1.54, 1.807) is 0 Å². The van der Waals surface area contributed by atoms with E-state index in [0.29, 0.717) is 19.5 Å². The number of hydrogen-bond donors (Lipinski definition) is 1. The van der Waals surface area contributed by atoms with E-state index in [0.717, 1.165) is 45.3 Å². The average molecular weight is 422 g/mol. The van der Waals surface area contributed by atoms with Gasteiger partial charge in [-0.2, -0.15) is 0 Å². The largest absolute Gasteiger partial charge is 0.480 e. The van der Waals surface area contributed by atoms with Gasteiger partial charge in [0.25, 0.3) is 5.91 Å². The van der Waals surface area contributed by atoms with Crippen molar-refractivity contribution in [3.8, 4) is 11.1 Å². The molecule has 2 aliphatic rings. The Hall–Kier alpha value is -3.86. The number of amides is 1. The van der Waals surface area contributed by atoms with Crippen molar-refractivity contribution in [1.29, 1.82) is 0 Å². The predicted octanol–water partition coefficient (Wildman–Crippen LogP) is 4.50. The standard InChI is InChI=1S/C27H22N2O3/c30-26(31)16-29-24-11-4-3-8-20(24)23-15-28(13-12-25(23)29)27(32)21-10-5-9-19-18-7-2-1-6-17(18)14-22(19)21/h1-11H,12-16H2,(H,30,31). The van der Waals surface area contributed by atoms with Gasteiger partial charge in [0.1, 0.15) is 6.54 Å². The summed E-state index contributed by atoms with van der Waals surface area (Å²) in [5.74, 6) is -0.804. The molecular weight excluding hydrogens is 400 g/mol. The molecule has 158 valence electrons. The number of hydrogen-bond acceptors (Lipinski definition) is 2. The molecule has 1 aliphatic carbocycles. The molecule has 0 saturated heterocycles. The van der Waals surface area contributed by atoms with Crippen LogP contribution >= 0.6 is 0 Å². The molecule has 32 heavy (non-hydrogen) atoms. The highest BCUT2D eigenvalue weighted by atomic mass is 16.4. The highest BCUT2D eigenvalue weighted by Gasteiger charge is 2.30. The van der Waals surface area contributed by atoms with Gasteiger partial charge < -0.3 is 14.6 Å². The molecule has 0 unspecified atom stereocenters. The molecule has 5 heteroatoms. The van der Waals surface area contributed by atoms with Crippen molar-refractivity contribution >= 4 is 22.8 Å². The van der Waals surface area contributed by atoms with Crippen LogP contribution in [0.3, 0.4) is 0 Å². The van der Waals surface area contributed by atoms with Crippen molar-refractivity contribution in [2.75, 3.05) is 6.54 Å². The van der Waals surface area contributed by atoms with Crippen LogP contribution in [0.4, 0.5) is 0 Å². The summed E-state index contributed by atoms with van der Waals surface area (Å²) in [6, 6.07) is 22.3. The number of carboxylic acid groups (broad SMARTS) is 1. The molecule has 1 aromatic heterocycles. The third-order valence-corrected chi connectivity index (χ3v) is 6.82. The first kappa shape index (κ1) is 18.9. The zero-order valence-corrected chi connectivity index (χ0v) is 17.5. The minimum Gasteiger partial charge on any atom is -0.480 e. The minimum absolute atomic E-state index is 0.0513. The van der Waals surface area contributed by atoms with Gasteiger partial charge in [0.05, 0.1) is 0 Å². The second-order valence-corrected chi connectivity index (χ2v) is 8.56. The summed E-state index contributed by atoms with van der Waals surface area (Å²) < 4.78 is 1.89. The molecule has 0 saturated carbocycles. The quantitative estimate of drug-likeness (QED) is 0.466. The molecule has 3 aromatic carbocycles. The molecule has 1 amide bonds. The number of fused-ring (bicyclic) bond motifs is 6. The van der Waals surface area contributed by atoms with Gasteiger partial charge in [0.15, 0.2) is 0 Å². The van der Waals surface area contributed by atoms with Crippen LogP contribution in [-0.2, 0) is 30.7 Å². The van der Waals surface area contributed by atoms with Crippen LogP contribution < -0.4 is 0 Å². The van der Waals surface area contributed by atoms with E-state index in [9.17, 15) is 14.7 Å². The number of nitrogens with zero attached hydrogens (tertiary/aromatic N) is 2. The summed E-state index contributed by atoms with van der Waals surface area (Å²) >= 11 is 0. The van der Waals surface area contributed by atoms with Crippen molar-refractivity contribution in [2.45, 2.75) is 25.9 Å². The lowest BCUT2D eigenvalue weighted by atomic mass is 9.98. The molecule has 1 aliphatic heterocycles. The lowest BCUT2D eigenvalue weighted by Crippen LogP contribution is -2.37. The normalized spacial score (nSPS) is 14.2. The van der Waals surface area contributed by atoms with Gasteiger partial charge >= 0.3 is 5.97 Å². The van der Waals surface area contributed by atoms with Crippen LogP contribution in [0.1, 0.15) is 32.7 Å². The number of carboxylic acids is 1. The van der Waals surface area contributed by atoms with E-state index in [-0.39, 0.29) is 12.5 Å². The number of para-hydroxylation sites is 1. The third kappa shape index (κ3) is 2.78. The van der Waals surface area contributed by atoms with E-state index in [1.165, 1.54) is 11.1 Å². The monoisotopic (exact) mass is 422 g/mol. The highest BCUT2D eigenvalue weighted by molar-refractivity contribution is 5.99. The number of carbonyl (C=O) groups is 2. The van der Waals surface area contributed by atoms with Gasteiger partial charge in [-0.05, 0) is 40.8 Å². The third-order valence-electron chi connectivity index (χ3n) is 6.82. The van der Waals surface area contributed by atoms with Gasteiger partial charge in [0.2, 0.25) is 0 Å². The Labute approximate surface area is 185 Å². The van der Waals surface area contributed by atoms with E-state index < -0.39 is 5.97 Å². The SMILES string of the molecule is O=C(O)Cn1c2c(c3ccccc31)CN(C(=O)c1cccc3c1Cc1ccccc1-3)CC2. The second-order valence-electron chi connectivity index (χ2n) is 8.56. The van der Waals surface area contributed by atoms with E-state index in [4.69, 9.17) is 0 Å². The maximum atomic E-state index is 13.7. The molecule has 0 radical (unpaired) electrons. The first-order valence-corrected chi connectivity index (χ1v) is 10.9. The Kier molecular flexibility index (Phi) is 4.18. The molecular formula is C27H22N2O3. The van der Waals surface area contributed by atoms with E-state index in [1.807, 2.05) is 58.0 Å². The summed E-state index contributed by atoms with van der Waals surface area (Å²) in [6.45, 7) is 1.02. The van der Waals surface area contributed by atoms with Crippen LogP contribution in [0.5, 0.6) is 0 Å². The molecule has 0 bridgehead atoms. The second kappa shape index (κ2) is 7.09. The highest BCUT2D eigenvalue weighted by Crippen LogP contribution is 2.39. The summed E-state index contributed by atoms with van der Waals surface area (Å²) in [5, 5.41) is 10.4. The number of aliphatic carboxylic acids is 1. The Bertz CT molecular complexity index is 1420. The van der Waals surface area contributed by atoms with Crippen LogP contribution in [0.25, 0.3) is 22.0 Å². The minimum atomic E-state index is -0.855. The molecule has 0 spiro atoms. The molecule has 0 fully saturated rings. The fraction of sp³-hybridized carbons (Fsp3) is 0.185. The van der Waals surface area contributed by atoms with Crippen molar-refractivity contribution in [1.82, 2.24) is 9.47 Å². The van der Waals surface area contributed by atoms with Crippen LogP contribution in [0.15, 0.2) is 66.7 Å². The topological polar surface area (TPSA) is 62.5 Å². The van der Waals surface area contributed by atoms with Gasteiger partial charge in [-0.1, -0.05) is 54.6 Å². The first-order chi connectivity index (χ1) is 15.6. The van der Waals surface area contributed by atoms with Crippen molar-refractivity contribution in [3.05, 3.63) is 94.7 Å². The molecule has 0 atom stereocenters. The van der Waals surface area contributed by atoms with Gasteiger partial charge in [-0.3, -0.25) is 9.59 Å². The van der Waals surface area contributed by atoms with Gasteiger partial charge in [-0.15, -0.1) is 0 Å². The maximum absolute atomic E-state index is 13.7. The van der Waals surface area contributed by atoms with Crippen LogP contribution in [0.2, 0.25) is 0 Å². The summed E-state index contributed by atoms with van der Waals surface area (Å²) in [7, 11) is 0. The summed E-state index contributed by atoms with van der Waals surface area (Å²) in [6.07, 6.45) is 1.43. The maximum Gasteiger partial charge on any atom is 0.323 e. The van der Waals surface area contributed by atoms with Crippen LogP contribution in [0, 0.1) is 0 Å². The lowest BCUT2D eigenvalue weighted by molar-refractivity contribution is -0.137. The predicted molar refractivity (Wildman–Crippen MR) is 123 cm³/mol. The number of carbonyl (C=O) groups excluding carboxylic acids is 1. The summed E-state index contributed by atoms with van der Waals surface area (Å²) in [5.41, 5.74) is 8.54. The molecule has 1 N–H and O–H groups in total. The number of benzene rings is 3. The van der Waals surface area contributed by atoms with Gasteiger partial charge in [-0.25, -0.2) is 0 Å². The van der Waals surface area contributed by atoms with Crippen molar-refractivity contribution in [3.63, 3.8) is 0 Å². The molecule has 5 nitrogen and oxygen atoms in total. The van der Waals surface area contributed by atoms with Crippen molar-refractivity contribution < 1.29 is 14.7 Å². The van der Waals surface area contributed by atoms with Gasteiger partial charge in [0, 0.05) is 47.2 Å². The fourth-order valence-electron chi connectivity index (χ4n) is 5.42. The Balaban J connectivity index is 1.38. The first-order valence-electron chi connectivity index (χ1n) is 10.9. The molecule has 4 aromatic rings. The Morgan fingerprint density at radius 3 is 2.53 bits per heavy atom. The zero-order valence-electron chi connectivity index (χ0n) is 17.5. The molecule has 6 rings (SSSR count). The van der Waals surface area contributed by atoms with Crippen molar-refractivity contribution in [2.24, 2.45) is 0 Å². The number of aromatic nitrogens is 1. The fourth-order valence-corrected chi connectivity index (χ4v) is 5.42. The average Bonchev–Trinajstić information content (AvgIpc) is 3.34. The van der Waals surface area contributed by atoms with E-state index >= 15 is 0 Å². The Morgan fingerprint density at radius 2 is 1.66 bits per heavy atom. The number of rotatable bonds is 3.